The van der Waals surface area contributed by atoms with Gasteiger partial charge in [0.05, 0.1) is 6.04 Å². The summed E-state index contributed by atoms with van der Waals surface area (Å²) in [5, 5.41) is 9.57. The number of aromatic amines is 1. The molecule has 0 unspecified atom stereocenters. The standard InChI is InChI=1S/C14H19N7O/c1-11(13(22)18-12-4-2-3-5-15-12)20-6-8-21(9-7-20)14-16-10-17-19-14/h2-5,10-11H,6-9H2,1H3,(H,15,18,22)(H,16,17,19)/t11-/m0/s1. The third-order valence-electron chi connectivity index (χ3n) is 3.86. The molecule has 1 fully saturated rings. The Labute approximate surface area is 128 Å². The molecule has 22 heavy (non-hydrogen) atoms. The zero-order valence-electron chi connectivity index (χ0n) is 12.4. The van der Waals surface area contributed by atoms with Crippen molar-refractivity contribution in [2.24, 2.45) is 0 Å². The molecule has 2 aromatic heterocycles. The van der Waals surface area contributed by atoms with E-state index in [0.717, 1.165) is 32.1 Å². The maximum Gasteiger partial charge on any atom is 0.242 e. The monoisotopic (exact) mass is 301 g/mol. The van der Waals surface area contributed by atoms with E-state index in [9.17, 15) is 4.79 Å². The zero-order chi connectivity index (χ0) is 15.4. The highest BCUT2D eigenvalue weighted by molar-refractivity contribution is 5.93. The van der Waals surface area contributed by atoms with Crippen molar-refractivity contribution in [3.63, 3.8) is 0 Å². The number of piperazine rings is 1. The van der Waals surface area contributed by atoms with Crippen molar-refractivity contribution >= 4 is 17.7 Å². The minimum atomic E-state index is -0.195. The highest BCUT2D eigenvalue weighted by Gasteiger charge is 2.26. The molecule has 1 aliphatic rings. The molecular formula is C14H19N7O. The van der Waals surface area contributed by atoms with Crippen molar-refractivity contribution < 1.29 is 4.79 Å². The van der Waals surface area contributed by atoms with Crippen LogP contribution in [0.15, 0.2) is 30.7 Å². The van der Waals surface area contributed by atoms with Crippen molar-refractivity contribution in [1.29, 1.82) is 0 Å². The van der Waals surface area contributed by atoms with E-state index in [0.29, 0.717) is 5.82 Å². The summed E-state index contributed by atoms with van der Waals surface area (Å²) in [6.45, 7) is 5.16. The summed E-state index contributed by atoms with van der Waals surface area (Å²) in [6.07, 6.45) is 3.17. The van der Waals surface area contributed by atoms with Crippen LogP contribution in [0.1, 0.15) is 6.92 Å². The van der Waals surface area contributed by atoms with Gasteiger partial charge in [0.1, 0.15) is 12.1 Å². The lowest BCUT2D eigenvalue weighted by atomic mass is 10.2. The van der Waals surface area contributed by atoms with Gasteiger partial charge in [0, 0.05) is 32.4 Å². The first-order valence-corrected chi connectivity index (χ1v) is 7.30. The molecule has 1 saturated heterocycles. The second kappa shape index (κ2) is 6.52. The molecular weight excluding hydrogens is 282 g/mol. The largest absolute Gasteiger partial charge is 0.339 e. The minimum absolute atomic E-state index is 0.0354. The molecule has 0 aliphatic carbocycles. The Morgan fingerprint density at radius 1 is 1.27 bits per heavy atom. The number of anilines is 2. The average molecular weight is 301 g/mol. The van der Waals surface area contributed by atoms with Crippen molar-refractivity contribution in [2.45, 2.75) is 13.0 Å². The number of nitrogens with one attached hydrogen (secondary N) is 2. The Bertz CT molecular complexity index is 593. The van der Waals surface area contributed by atoms with E-state index >= 15 is 0 Å². The van der Waals surface area contributed by atoms with E-state index in [-0.39, 0.29) is 11.9 Å². The lowest BCUT2D eigenvalue weighted by molar-refractivity contribution is -0.120. The van der Waals surface area contributed by atoms with Crippen LogP contribution in [-0.4, -0.2) is 63.2 Å². The molecule has 3 rings (SSSR count). The summed E-state index contributed by atoms with van der Waals surface area (Å²) >= 11 is 0. The quantitative estimate of drug-likeness (QED) is 0.847. The summed E-state index contributed by atoms with van der Waals surface area (Å²) in [4.78, 5) is 24.8. The van der Waals surface area contributed by atoms with Crippen LogP contribution in [0.3, 0.4) is 0 Å². The molecule has 0 bridgehead atoms. The highest BCUT2D eigenvalue weighted by atomic mass is 16.2. The normalized spacial score (nSPS) is 17.2. The van der Waals surface area contributed by atoms with Gasteiger partial charge >= 0.3 is 0 Å². The van der Waals surface area contributed by atoms with Crippen LogP contribution in [0, 0.1) is 0 Å². The molecule has 0 aromatic carbocycles. The first-order valence-electron chi connectivity index (χ1n) is 7.30. The average Bonchev–Trinajstić information content (AvgIpc) is 3.10. The van der Waals surface area contributed by atoms with Gasteiger partial charge in [-0.15, -0.1) is 0 Å². The van der Waals surface area contributed by atoms with Gasteiger partial charge in [-0.25, -0.2) is 10.1 Å². The van der Waals surface area contributed by atoms with Crippen LogP contribution in [0.25, 0.3) is 0 Å². The molecule has 0 radical (unpaired) electrons. The number of rotatable bonds is 4. The number of hydrogen-bond donors (Lipinski definition) is 2. The topological polar surface area (TPSA) is 90.0 Å². The second-order valence-electron chi connectivity index (χ2n) is 5.21. The molecule has 2 N–H and O–H groups in total. The van der Waals surface area contributed by atoms with Crippen LogP contribution < -0.4 is 10.2 Å². The predicted molar refractivity (Wildman–Crippen MR) is 82.5 cm³/mol. The Morgan fingerprint density at radius 2 is 2.09 bits per heavy atom. The first-order chi connectivity index (χ1) is 10.7. The number of carbonyl (C=O) groups is 1. The Balaban J connectivity index is 1.53. The van der Waals surface area contributed by atoms with Gasteiger partial charge in [0.25, 0.3) is 0 Å². The fourth-order valence-electron chi connectivity index (χ4n) is 2.51. The maximum absolute atomic E-state index is 12.3. The number of amides is 1. The zero-order valence-corrected chi connectivity index (χ0v) is 12.4. The fourth-order valence-corrected chi connectivity index (χ4v) is 2.51. The van der Waals surface area contributed by atoms with E-state index in [2.05, 4.69) is 35.3 Å². The van der Waals surface area contributed by atoms with Gasteiger partial charge in [-0.05, 0) is 19.1 Å². The minimum Gasteiger partial charge on any atom is -0.339 e. The van der Waals surface area contributed by atoms with E-state index in [1.165, 1.54) is 6.33 Å². The summed E-state index contributed by atoms with van der Waals surface area (Å²) in [5.74, 6) is 1.33. The third-order valence-corrected chi connectivity index (χ3v) is 3.86. The summed E-state index contributed by atoms with van der Waals surface area (Å²) in [5.41, 5.74) is 0. The van der Waals surface area contributed by atoms with Gasteiger partial charge in [0.2, 0.25) is 11.9 Å². The maximum atomic E-state index is 12.3. The number of pyridine rings is 1. The number of H-pyrrole nitrogens is 1. The predicted octanol–water partition coefficient (Wildman–Crippen LogP) is 0.349. The van der Waals surface area contributed by atoms with Crippen LogP contribution in [-0.2, 0) is 4.79 Å². The molecule has 0 spiro atoms. The molecule has 116 valence electrons. The molecule has 1 amide bonds. The van der Waals surface area contributed by atoms with Gasteiger partial charge in [0.15, 0.2) is 0 Å². The van der Waals surface area contributed by atoms with Crippen LogP contribution >= 0.6 is 0 Å². The summed E-state index contributed by atoms with van der Waals surface area (Å²) in [7, 11) is 0. The van der Waals surface area contributed by atoms with Crippen molar-refractivity contribution in [3.8, 4) is 0 Å². The van der Waals surface area contributed by atoms with Gasteiger partial charge < -0.3 is 10.2 Å². The van der Waals surface area contributed by atoms with Gasteiger partial charge in [-0.3, -0.25) is 9.69 Å². The molecule has 3 heterocycles. The lowest BCUT2D eigenvalue weighted by Gasteiger charge is -2.37. The van der Waals surface area contributed by atoms with Crippen molar-refractivity contribution in [1.82, 2.24) is 25.1 Å². The van der Waals surface area contributed by atoms with Gasteiger partial charge in [-0.2, -0.15) is 10.1 Å². The number of hydrogen-bond acceptors (Lipinski definition) is 6. The van der Waals surface area contributed by atoms with Crippen molar-refractivity contribution in [2.75, 3.05) is 36.4 Å². The van der Waals surface area contributed by atoms with Crippen LogP contribution in [0.4, 0.5) is 11.8 Å². The molecule has 1 aliphatic heterocycles. The van der Waals surface area contributed by atoms with Crippen LogP contribution in [0.2, 0.25) is 0 Å². The van der Waals surface area contributed by atoms with E-state index in [1.807, 2.05) is 19.1 Å². The summed E-state index contributed by atoms with van der Waals surface area (Å²) < 4.78 is 0. The number of aromatic nitrogens is 4. The Morgan fingerprint density at radius 3 is 2.73 bits per heavy atom. The smallest absolute Gasteiger partial charge is 0.242 e. The van der Waals surface area contributed by atoms with Crippen LogP contribution in [0.5, 0.6) is 0 Å². The molecule has 0 saturated carbocycles. The second-order valence-corrected chi connectivity index (χ2v) is 5.21. The molecule has 8 nitrogen and oxygen atoms in total. The van der Waals surface area contributed by atoms with E-state index in [4.69, 9.17) is 0 Å². The fraction of sp³-hybridized carbons (Fsp3) is 0.429. The highest BCUT2D eigenvalue weighted by Crippen LogP contribution is 2.12. The van der Waals surface area contributed by atoms with Crippen molar-refractivity contribution in [3.05, 3.63) is 30.7 Å². The molecule has 8 heteroatoms. The Kier molecular flexibility index (Phi) is 4.29. The molecule has 2 aromatic rings. The van der Waals surface area contributed by atoms with E-state index in [1.54, 1.807) is 12.3 Å². The molecule has 1 atom stereocenters. The lowest BCUT2D eigenvalue weighted by Crippen LogP contribution is -2.53. The van der Waals surface area contributed by atoms with Gasteiger partial charge in [-0.1, -0.05) is 6.07 Å². The SMILES string of the molecule is C[C@@H](C(=O)Nc1ccccn1)N1CCN(c2ncn[nH]2)CC1. The number of carbonyl (C=O) groups excluding carboxylic acids is 1. The van der Waals surface area contributed by atoms with E-state index < -0.39 is 0 Å². The third kappa shape index (κ3) is 3.22. The number of nitrogens with zero attached hydrogens (tertiary/aromatic N) is 5. The summed E-state index contributed by atoms with van der Waals surface area (Å²) in [6, 6.07) is 5.26. The first kappa shape index (κ1) is 14.5. The Hall–Kier alpha value is -2.48.